The molecule has 2 aromatic carbocycles. The van der Waals surface area contributed by atoms with Gasteiger partial charge in [-0.2, -0.15) is 0 Å². The number of hydrogen-bond acceptors (Lipinski definition) is 2. The maximum absolute atomic E-state index is 10.6. The van der Waals surface area contributed by atoms with Gasteiger partial charge in [-0.1, -0.05) is 60.7 Å². The minimum atomic E-state index is 0. The minimum Gasteiger partial charge on any atom is -1.00 e. The summed E-state index contributed by atoms with van der Waals surface area (Å²) in [7, 11) is 0. The van der Waals surface area contributed by atoms with Gasteiger partial charge in [0.25, 0.3) is 0 Å². The summed E-state index contributed by atoms with van der Waals surface area (Å²) < 4.78 is 0. The molecule has 0 saturated carbocycles. The van der Waals surface area contributed by atoms with E-state index in [1.165, 1.54) is 0 Å². The number of halogens is 2. The van der Waals surface area contributed by atoms with Crippen LogP contribution in [0.3, 0.4) is 0 Å². The van der Waals surface area contributed by atoms with Crippen LogP contribution >= 0.6 is 0 Å². The van der Waals surface area contributed by atoms with Crippen molar-refractivity contribution < 1.29 is 34.4 Å². The van der Waals surface area contributed by atoms with Crippen LogP contribution in [0.1, 0.15) is 34.6 Å². The van der Waals surface area contributed by atoms with Crippen LogP contribution in [0.15, 0.2) is 60.7 Å². The molecule has 112 valence electrons. The van der Waals surface area contributed by atoms with Gasteiger partial charge in [-0.05, 0) is 13.8 Å². The Bertz CT molecular complexity index is 467. The molecule has 0 bridgehead atoms. The zero-order valence-electron chi connectivity index (χ0n) is 11.8. The first kappa shape index (κ1) is 25.1. The van der Waals surface area contributed by atoms with Gasteiger partial charge >= 0.3 is 23.7 Å². The molecule has 21 heavy (non-hydrogen) atoms. The van der Waals surface area contributed by atoms with Gasteiger partial charge in [0, 0.05) is 11.1 Å². The fraction of sp³-hybridized carbons (Fsp3) is 0.125. The van der Waals surface area contributed by atoms with Gasteiger partial charge in [-0.15, -0.1) is 0 Å². The molecule has 0 aliphatic carbocycles. The number of ketones is 2. The van der Waals surface area contributed by atoms with E-state index in [1.807, 2.05) is 60.7 Å². The first-order valence-corrected chi connectivity index (χ1v) is 5.73. The Morgan fingerprint density at radius 3 is 1.00 bits per heavy atom. The Morgan fingerprint density at radius 2 is 0.857 bits per heavy atom. The Balaban J connectivity index is -0.000000270. The quantitative estimate of drug-likeness (QED) is 0.381. The third-order valence-electron chi connectivity index (χ3n) is 2.36. The second-order valence-corrected chi connectivity index (χ2v) is 3.84. The van der Waals surface area contributed by atoms with Crippen LogP contribution in [0.2, 0.25) is 0 Å². The molecule has 0 saturated heterocycles. The van der Waals surface area contributed by atoms with Crippen molar-refractivity contribution >= 4 is 35.2 Å². The molecule has 2 rings (SSSR count). The van der Waals surface area contributed by atoms with Crippen LogP contribution in [-0.4, -0.2) is 35.2 Å². The molecule has 0 amide bonds. The van der Waals surface area contributed by atoms with Crippen LogP contribution in [-0.2, 0) is 0 Å². The third-order valence-corrected chi connectivity index (χ3v) is 2.36. The molecule has 0 heterocycles. The molecule has 0 fully saturated rings. The van der Waals surface area contributed by atoms with Crippen molar-refractivity contribution in [2.45, 2.75) is 13.8 Å². The molecule has 4 radical (unpaired) electrons. The number of Topliss-reactive ketones (excluding diaryl/α,β-unsaturated/α-hetero) is 2. The average Bonchev–Trinajstić information content (AvgIpc) is 2.41. The molecule has 0 spiro atoms. The largest absolute Gasteiger partial charge is 2.00 e. The van der Waals surface area contributed by atoms with Crippen molar-refractivity contribution in [3.63, 3.8) is 0 Å². The predicted molar refractivity (Wildman–Crippen MR) is 78.6 cm³/mol. The Kier molecular flexibility index (Phi) is 16.9. The van der Waals surface area contributed by atoms with Gasteiger partial charge in [0.05, 0.1) is 0 Å². The van der Waals surface area contributed by atoms with Gasteiger partial charge in [0.2, 0.25) is 0 Å². The van der Waals surface area contributed by atoms with E-state index in [4.69, 9.17) is 0 Å². The smallest absolute Gasteiger partial charge is 1.00 e. The summed E-state index contributed by atoms with van der Waals surface area (Å²) in [6.45, 7) is 3.13. The van der Waals surface area contributed by atoms with Crippen molar-refractivity contribution in [3.8, 4) is 0 Å². The van der Waals surface area contributed by atoms with Crippen molar-refractivity contribution in [2.75, 3.05) is 0 Å². The molecule has 5 heteroatoms. The number of carbonyl (C=O) groups excluding carboxylic acids is 2. The van der Waals surface area contributed by atoms with Crippen LogP contribution in [0.25, 0.3) is 0 Å². The monoisotopic (exact) mass is 440 g/mol. The fourth-order valence-electron chi connectivity index (χ4n) is 1.35. The van der Waals surface area contributed by atoms with Gasteiger partial charge in [0.15, 0.2) is 11.6 Å². The third kappa shape index (κ3) is 10.5. The van der Waals surface area contributed by atoms with Crippen molar-refractivity contribution in [1.29, 1.82) is 0 Å². The first-order chi connectivity index (χ1) is 8.61. The molecule has 0 N–H and O–H groups in total. The summed E-state index contributed by atoms with van der Waals surface area (Å²) >= 11 is 0. The number of rotatable bonds is 2. The van der Waals surface area contributed by atoms with E-state index >= 15 is 0 Å². The summed E-state index contributed by atoms with van der Waals surface area (Å²) in [6, 6.07) is 18.5. The van der Waals surface area contributed by atoms with E-state index in [2.05, 4.69) is 0 Å². The summed E-state index contributed by atoms with van der Waals surface area (Å²) in [4.78, 5) is 21.3. The molecule has 0 aliphatic heterocycles. The van der Waals surface area contributed by atoms with Crippen LogP contribution in [0, 0.1) is 0 Å². The maximum Gasteiger partial charge on any atom is 2.00 e. The molecular weight excluding hydrogens is 423 g/mol. The van der Waals surface area contributed by atoms with Gasteiger partial charge in [-0.25, -0.2) is 0 Å². The summed E-state index contributed by atoms with van der Waals surface area (Å²) in [6.07, 6.45) is 0. The summed E-state index contributed by atoms with van der Waals surface area (Å²) in [5.41, 5.74) is 1.55. The van der Waals surface area contributed by atoms with E-state index in [9.17, 15) is 9.59 Å². The second kappa shape index (κ2) is 14.1. The van der Waals surface area contributed by atoms with Gasteiger partial charge in [-0.3, -0.25) is 9.59 Å². The maximum atomic E-state index is 10.6. The average molecular weight is 439 g/mol. The Hall–Kier alpha value is -0.850. The van der Waals surface area contributed by atoms with E-state index in [-0.39, 0.29) is 60.0 Å². The molecule has 0 aromatic heterocycles. The van der Waals surface area contributed by atoms with Crippen LogP contribution in [0.5, 0.6) is 0 Å². The van der Waals surface area contributed by atoms with Gasteiger partial charge < -0.3 is 24.8 Å². The van der Waals surface area contributed by atoms with E-state index in [0.717, 1.165) is 11.1 Å². The fourth-order valence-corrected chi connectivity index (χ4v) is 1.35. The molecule has 0 aliphatic rings. The molecule has 0 atom stereocenters. The molecular formula is C16H16Cl2O2Te. The minimum absolute atomic E-state index is 0. The Morgan fingerprint density at radius 1 is 0.619 bits per heavy atom. The number of hydrogen-bond donors (Lipinski definition) is 0. The number of benzene rings is 2. The predicted octanol–water partition coefficient (Wildman–Crippen LogP) is -2.59. The van der Waals surface area contributed by atoms with Crippen LogP contribution < -0.4 is 24.8 Å². The first-order valence-electron chi connectivity index (χ1n) is 5.73. The summed E-state index contributed by atoms with van der Waals surface area (Å²) in [5.74, 6) is 0.242. The van der Waals surface area contributed by atoms with Crippen LogP contribution in [0.4, 0.5) is 0 Å². The number of carbonyl (C=O) groups is 2. The molecule has 2 aromatic rings. The van der Waals surface area contributed by atoms with Crippen molar-refractivity contribution in [1.82, 2.24) is 0 Å². The van der Waals surface area contributed by atoms with E-state index in [1.54, 1.807) is 13.8 Å². The van der Waals surface area contributed by atoms with Gasteiger partial charge in [0.1, 0.15) is 0 Å². The van der Waals surface area contributed by atoms with Crippen molar-refractivity contribution in [2.24, 2.45) is 0 Å². The SMILES string of the molecule is CC(=O)c1ccccc1.CC(=O)c1ccccc1.[Cl-].[Cl-].[Te+2]. The Labute approximate surface area is 154 Å². The second-order valence-electron chi connectivity index (χ2n) is 3.84. The van der Waals surface area contributed by atoms with E-state index < -0.39 is 0 Å². The van der Waals surface area contributed by atoms with E-state index in [0.29, 0.717) is 0 Å². The zero-order chi connectivity index (χ0) is 13.4. The zero-order valence-corrected chi connectivity index (χ0v) is 15.6. The summed E-state index contributed by atoms with van der Waals surface area (Å²) in [5, 5.41) is 0. The standard InChI is InChI=1S/2C8H8O.2ClH.Te/c2*1-7(9)8-5-3-2-4-6-8;;;/h2*2-6H,1H3;2*1H;/q;;;;+2/p-2. The molecule has 2 nitrogen and oxygen atoms in total. The van der Waals surface area contributed by atoms with Crippen molar-refractivity contribution in [3.05, 3.63) is 71.8 Å². The normalized spacial score (nSPS) is 7.71. The topological polar surface area (TPSA) is 34.1 Å². The molecule has 0 unspecified atom stereocenters.